The SMILES string of the molecule is CCOC1CC(NCc2cc(C(=O)O)oc2C)C1(C)C. The number of carboxylic acid groups (broad SMARTS) is 1. The van der Waals surface area contributed by atoms with Crippen LogP contribution in [0.2, 0.25) is 0 Å². The van der Waals surface area contributed by atoms with E-state index in [2.05, 4.69) is 19.2 Å². The van der Waals surface area contributed by atoms with Crippen molar-refractivity contribution in [1.82, 2.24) is 5.32 Å². The normalized spacial score (nSPS) is 24.4. The van der Waals surface area contributed by atoms with Crippen LogP contribution in [0.25, 0.3) is 0 Å². The maximum atomic E-state index is 10.9. The molecule has 1 aliphatic carbocycles. The third-order valence-corrected chi connectivity index (χ3v) is 4.32. The molecule has 1 saturated carbocycles. The molecular formula is C15H23NO4. The van der Waals surface area contributed by atoms with Crippen molar-refractivity contribution >= 4 is 5.97 Å². The van der Waals surface area contributed by atoms with E-state index in [0.29, 0.717) is 24.5 Å². The van der Waals surface area contributed by atoms with Crippen molar-refractivity contribution in [3.05, 3.63) is 23.2 Å². The Hall–Kier alpha value is -1.33. The molecule has 0 spiro atoms. The van der Waals surface area contributed by atoms with Gasteiger partial charge in [0.1, 0.15) is 5.76 Å². The van der Waals surface area contributed by atoms with Crippen LogP contribution in [-0.4, -0.2) is 29.8 Å². The Morgan fingerprint density at radius 2 is 2.30 bits per heavy atom. The van der Waals surface area contributed by atoms with E-state index in [4.69, 9.17) is 14.3 Å². The number of carboxylic acids is 1. The minimum Gasteiger partial charge on any atom is -0.475 e. The van der Waals surface area contributed by atoms with Crippen LogP contribution in [0.4, 0.5) is 0 Å². The van der Waals surface area contributed by atoms with Gasteiger partial charge in [-0.2, -0.15) is 0 Å². The van der Waals surface area contributed by atoms with E-state index < -0.39 is 5.97 Å². The van der Waals surface area contributed by atoms with E-state index in [1.54, 1.807) is 13.0 Å². The van der Waals surface area contributed by atoms with Crippen molar-refractivity contribution in [2.45, 2.75) is 52.8 Å². The second-order valence-electron chi connectivity index (χ2n) is 5.93. The van der Waals surface area contributed by atoms with Crippen molar-refractivity contribution in [2.75, 3.05) is 6.61 Å². The molecule has 0 amide bonds. The summed E-state index contributed by atoms with van der Waals surface area (Å²) in [6.45, 7) is 9.55. The van der Waals surface area contributed by atoms with Crippen molar-refractivity contribution in [3.8, 4) is 0 Å². The second-order valence-corrected chi connectivity index (χ2v) is 5.93. The molecule has 1 heterocycles. The lowest BCUT2D eigenvalue weighted by Gasteiger charge is -2.52. The van der Waals surface area contributed by atoms with Gasteiger partial charge in [0.05, 0.1) is 6.10 Å². The number of furan rings is 1. The van der Waals surface area contributed by atoms with Crippen molar-refractivity contribution in [1.29, 1.82) is 0 Å². The van der Waals surface area contributed by atoms with Gasteiger partial charge in [-0.25, -0.2) is 4.79 Å². The lowest BCUT2D eigenvalue weighted by molar-refractivity contribution is -0.114. The first-order valence-electron chi connectivity index (χ1n) is 7.03. The molecule has 2 atom stereocenters. The number of carbonyl (C=O) groups is 1. The number of hydrogen-bond donors (Lipinski definition) is 2. The molecule has 5 heteroatoms. The van der Waals surface area contributed by atoms with E-state index in [1.165, 1.54) is 0 Å². The summed E-state index contributed by atoms with van der Waals surface area (Å²) in [4.78, 5) is 10.9. The average Bonchev–Trinajstić information content (AvgIpc) is 2.75. The monoisotopic (exact) mass is 281 g/mol. The fraction of sp³-hybridized carbons (Fsp3) is 0.667. The first-order chi connectivity index (χ1) is 9.36. The summed E-state index contributed by atoms with van der Waals surface area (Å²) in [6, 6.07) is 1.97. The fourth-order valence-electron chi connectivity index (χ4n) is 2.75. The van der Waals surface area contributed by atoms with Crippen molar-refractivity contribution < 1.29 is 19.1 Å². The van der Waals surface area contributed by atoms with Crippen LogP contribution in [0.5, 0.6) is 0 Å². The van der Waals surface area contributed by atoms with E-state index in [1.807, 2.05) is 6.92 Å². The lowest BCUT2D eigenvalue weighted by atomic mass is 9.64. The quantitative estimate of drug-likeness (QED) is 0.838. The minimum absolute atomic E-state index is 0.000590. The van der Waals surface area contributed by atoms with Crippen LogP contribution in [-0.2, 0) is 11.3 Å². The van der Waals surface area contributed by atoms with Crippen molar-refractivity contribution in [3.63, 3.8) is 0 Å². The van der Waals surface area contributed by atoms with Gasteiger partial charge in [-0.05, 0) is 26.3 Å². The second kappa shape index (κ2) is 5.58. The van der Waals surface area contributed by atoms with Crippen LogP contribution in [0.15, 0.2) is 10.5 Å². The van der Waals surface area contributed by atoms with Crippen LogP contribution in [0.3, 0.4) is 0 Å². The Kier molecular flexibility index (Phi) is 4.20. The largest absolute Gasteiger partial charge is 0.475 e. The Bertz CT molecular complexity index is 492. The summed E-state index contributed by atoms with van der Waals surface area (Å²) in [5.41, 5.74) is 1.00. The number of hydrogen-bond acceptors (Lipinski definition) is 4. The highest BCUT2D eigenvalue weighted by Gasteiger charge is 2.48. The molecule has 0 bridgehead atoms. The maximum absolute atomic E-state index is 10.9. The lowest BCUT2D eigenvalue weighted by Crippen LogP contribution is -2.60. The highest BCUT2D eigenvalue weighted by atomic mass is 16.5. The zero-order valence-electron chi connectivity index (χ0n) is 12.5. The molecule has 1 fully saturated rings. The highest BCUT2D eigenvalue weighted by molar-refractivity contribution is 5.84. The predicted molar refractivity (Wildman–Crippen MR) is 74.8 cm³/mol. The highest BCUT2D eigenvalue weighted by Crippen LogP contribution is 2.42. The van der Waals surface area contributed by atoms with Crippen LogP contribution < -0.4 is 5.32 Å². The molecule has 2 unspecified atom stereocenters. The van der Waals surface area contributed by atoms with E-state index in [0.717, 1.165) is 18.6 Å². The number of nitrogens with one attached hydrogen (secondary N) is 1. The summed E-state index contributed by atoms with van der Waals surface area (Å²) in [6.07, 6.45) is 1.29. The maximum Gasteiger partial charge on any atom is 0.371 e. The number of aryl methyl sites for hydroxylation is 1. The number of aromatic carboxylic acids is 1. The van der Waals surface area contributed by atoms with E-state index in [-0.39, 0.29) is 11.2 Å². The van der Waals surface area contributed by atoms with Gasteiger partial charge >= 0.3 is 5.97 Å². The molecule has 112 valence electrons. The average molecular weight is 281 g/mol. The smallest absolute Gasteiger partial charge is 0.371 e. The summed E-state index contributed by atoms with van der Waals surface area (Å²) in [5.74, 6) is -0.368. The Morgan fingerprint density at radius 1 is 1.60 bits per heavy atom. The van der Waals surface area contributed by atoms with Crippen LogP contribution in [0.1, 0.15) is 49.1 Å². The first-order valence-corrected chi connectivity index (χ1v) is 7.03. The Labute approximate surface area is 119 Å². The van der Waals surface area contributed by atoms with Gasteiger partial charge in [0.2, 0.25) is 5.76 Å². The minimum atomic E-state index is -1.03. The molecule has 20 heavy (non-hydrogen) atoms. The van der Waals surface area contributed by atoms with Gasteiger partial charge in [0.25, 0.3) is 0 Å². The van der Waals surface area contributed by atoms with Crippen LogP contribution in [0, 0.1) is 12.3 Å². The molecule has 0 aliphatic heterocycles. The third kappa shape index (κ3) is 2.74. The van der Waals surface area contributed by atoms with E-state index in [9.17, 15) is 4.79 Å². The third-order valence-electron chi connectivity index (χ3n) is 4.32. The standard InChI is InChI=1S/C15H23NO4/c1-5-19-13-7-12(15(13,3)4)16-8-10-6-11(14(17)18)20-9(10)2/h6,12-13,16H,5,7-8H2,1-4H3,(H,17,18). The Balaban J connectivity index is 1.92. The zero-order chi connectivity index (χ0) is 14.9. The summed E-state index contributed by atoms with van der Waals surface area (Å²) >= 11 is 0. The molecule has 1 aromatic rings. The van der Waals surface area contributed by atoms with Gasteiger partial charge in [-0.15, -0.1) is 0 Å². The number of rotatable bonds is 6. The molecule has 0 radical (unpaired) electrons. The number of ether oxygens (including phenoxy) is 1. The summed E-state index contributed by atoms with van der Waals surface area (Å²) in [5, 5.41) is 12.4. The van der Waals surface area contributed by atoms with Gasteiger partial charge in [0, 0.05) is 30.2 Å². The first kappa shape index (κ1) is 15.1. The molecule has 1 aromatic heterocycles. The van der Waals surface area contributed by atoms with Crippen molar-refractivity contribution in [2.24, 2.45) is 5.41 Å². The van der Waals surface area contributed by atoms with E-state index >= 15 is 0 Å². The topological polar surface area (TPSA) is 71.7 Å². The molecule has 2 N–H and O–H groups in total. The molecule has 1 aliphatic rings. The van der Waals surface area contributed by atoms with Gasteiger partial charge in [-0.1, -0.05) is 13.8 Å². The summed E-state index contributed by atoms with van der Waals surface area (Å²) < 4.78 is 10.9. The molecule has 0 aromatic carbocycles. The molecule has 5 nitrogen and oxygen atoms in total. The van der Waals surface area contributed by atoms with Gasteiger partial charge < -0.3 is 19.6 Å². The predicted octanol–water partition coefficient (Wildman–Crippen LogP) is 2.58. The Morgan fingerprint density at radius 3 is 2.80 bits per heavy atom. The van der Waals surface area contributed by atoms with Gasteiger partial charge in [0.15, 0.2) is 0 Å². The summed E-state index contributed by atoms with van der Waals surface area (Å²) in [7, 11) is 0. The molecular weight excluding hydrogens is 258 g/mol. The molecule has 0 saturated heterocycles. The fourth-order valence-corrected chi connectivity index (χ4v) is 2.75. The van der Waals surface area contributed by atoms with Crippen LogP contribution >= 0.6 is 0 Å². The molecule has 2 rings (SSSR count). The van der Waals surface area contributed by atoms with Gasteiger partial charge in [-0.3, -0.25) is 0 Å². The zero-order valence-corrected chi connectivity index (χ0v) is 12.5.